The van der Waals surface area contributed by atoms with Crippen molar-refractivity contribution in [1.29, 1.82) is 0 Å². The zero-order chi connectivity index (χ0) is 20.1. The van der Waals surface area contributed by atoms with Crippen LogP contribution in [-0.4, -0.2) is 58.4 Å². The van der Waals surface area contributed by atoms with Gasteiger partial charge < -0.3 is 15.5 Å². The van der Waals surface area contributed by atoms with Crippen molar-refractivity contribution >= 4 is 11.9 Å². The molecule has 1 spiro atoms. The van der Waals surface area contributed by atoms with Crippen molar-refractivity contribution in [3.05, 3.63) is 66.0 Å². The molecule has 4 rings (SSSR count). The minimum atomic E-state index is -0.534. The second kappa shape index (κ2) is 8.61. The number of hydrogen-bond acceptors (Lipinski definition) is 4. The molecule has 0 atom stereocenters. The molecule has 0 aliphatic carbocycles. The Morgan fingerprint density at radius 3 is 2.55 bits per heavy atom. The Morgan fingerprint density at radius 1 is 1.07 bits per heavy atom. The highest BCUT2D eigenvalue weighted by atomic mass is 16.2. The number of nitrogens with one attached hydrogen (secondary N) is 2. The third-order valence-corrected chi connectivity index (χ3v) is 5.96. The zero-order valence-electron chi connectivity index (χ0n) is 16.5. The van der Waals surface area contributed by atoms with Crippen LogP contribution in [0.4, 0.5) is 4.79 Å². The number of carbonyl (C=O) groups excluding carboxylic acids is 2. The van der Waals surface area contributed by atoms with Gasteiger partial charge in [0.2, 0.25) is 5.91 Å². The number of benzene rings is 1. The molecule has 7 nitrogen and oxygen atoms in total. The van der Waals surface area contributed by atoms with Crippen LogP contribution in [0.2, 0.25) is 0 Å². The van der Waals surface area contributed by atoms with Crippen molar-refractivity contribution in [2.45, 2.75) is 31.5 Å². The van der Waals surface area contributed by atoms with Gasteiger partial charge in [0.25, 0.3) is 0 Å². The van der Waals surface area contributed by atoms with E-state index in [1.54, 1.807) is 12.4 Å². The SMILES string of the molecule is O=C(NCc1cccnc1)N1CCC2(CC1)C(=O)NCCN2Cc1ccccc1. The standard InChI is InChI=1S/C22H27N5O2/c28-20-22(27(14-11-24-20)17-18-5-2-1-3-6-18)8-12-26(13-9-22)21(29)25-16-19-7-4-10-23-15-19/h1-7,10,15H,8-9,11-14,16-17H2,(H,24,28)(H,25,29). The number of amides is 3. The van der Waals surface area contributed by atoms with Crippen LogP contribution in [0.25, 0.3) is 0 Å². The predicted octanol–water partition coefficient (Wildman–Crippen LogP) is 1.76. The summed E-state index contributed by atoms with van der Waals surface area (Å²) >= 11 is 0. The molecule has 3 heterocycles. The van der Waals surface area contributed by atoms with E-state index >= 15 is 0 Å². The van der Waals surface area contributed by atoms with Gasteiger partial charge in [0.1, 0.15) is 5.54 Å². The van der Waals surface area contributed by atoms with E-state index in [0.29, 0.717) is 39.0 Å². The number of likely N-dealkylation sites (tertiary alicyclic amines) is 1. The number of aromatic nitrogens is 1. The summed E-state index contributed by atoms with van der Waals surface area (Å²) in [5.41, 5.74) is 1.64. The fourth-order valence-corrected chi connectivity index (χ4v) is 4.28. The second-order valence-corrected chi connectivity index (χ2v) is 7.70. The van der Waals surface area contributed by atoms with Crippen molar-refractivity contribution in [2.24, 2.45) is 0 Å². The monoisotopic (exact) mass is 393 g/mol. The van der Waals surface area contributed by atoms with E-state index in [0.717, 1.165) is 18.7 Å². The molecule has 2 aliphatic rings. The van der Waals surface area contributed by atoms with Gasteiger partial charge in [-0.1, -0.05) is 36.4 Å². The fourth-order valence-electron chi connectivity index (χ4n) is 4.28. The fraction of sp³-hybridized carbons (Fsp3) is 0.409. The first-order valence-corrected chi connectivity index (χ1v) is 10.2. The molecular weight excluding hydrogens is 366 g/mol. The molecule has 2 aromatic rings. The molecule has 2 N–H and O–H groups in total. The van der Waals surface area contributed by atoms with Gasteiger partial charge in [0.15, 0.2) is 0 Å². The lowest BCUT2D eigenvalue weighted by molar-refractivity contribution is -0.141. The van der Waals surface area contributed by atoms with Gasteiger partial charge in [-0.15, -0.1) is 0 Å². The van der Waals surface area contributed by atoms with Crippen LogP contribution in [0.15, 0.2) is 54.9 Å². The number of hydrogen-bond donors (Lipinski definition) is 2. The van der Waals surface area contributed by atoms with E-state index in [4.69, 9.17) is 0 Å². The number of carbonyl (C=O) groups is 2. The average molecular weight is 393 g/mol. The lowest BCUT2D eigenvalue weighted by atomic mass is 9.83. The minimum absolute atomic E-state index is 0.0884. The van der Waals surface area contributed by atoms with Gasteiger partial charge >= 0.3 is 6.03 Å². The van der Waals surface area contributed by atoms with Crippen molar-refractivity contribution in [3.8, 4) is 0 Å². The summed E-state index contributed by atoms with van der Waals surface area (Å²) in [5, 5.41) is 6.00. The first kappa shape index (κ1) is 19.4. The third kappa shape index (κ3) is 4.24. The molecule has 0 saturated carbocycles. The van der Waals surface area contributed by atoms with Crippen molar-refractivity contribution in [1.82, 2.24) is 25.4 Å². The number of pyridine rings is 1. The molecule has 152 valence electrons. The molecular formula is C22H27N5O2. The Bertz CT molecular complexity index is 835. The van der Waals surface area contributed by atoms with Gasteiger partial charge in [-0.05, 0) is 30.0 Å². The Balaban J connectivity index is 1.38. The van der Waals surface area contributed by atoms with Crippen LogP contribution in [0.3, 0.4) is 0 Å². The number of nitrogens with zero attached hydrogens (tertiary/aromatic N) is 3. The summed E-state index contributed by atoms with van der Waals surface area (Å²) in [6, 6.07) is 14.0. The summed E-state index contributed by atoms with van der Waals surface area (Å²) in [6.45, 7) is 3.84. The average Bonchev–Trinajstić information content (AvgIpc) is 2.77. The third-order valence-electron chi connectivity index (χ3n) is 5.96. The van der Waals surface area contributed by atoms with Gasteiger partial charge in [-0.25, -0.2) is 4.79 Å². The highest BCUT2D eigenvalue weighted by Crippen LogP contribution is 2.32. The predicted molar refractivity (Wildman–Crippen MR) is 110 cm³/mol. The van der Waals surface area contributed by atoms with E-state index in [-0.39, 0.29) is 11.9 Å². The van der Waals surface area contributed by atoms with Gasteiger partial charge in [0, 0.05) is 51.7 Å². The Kier molecular flexibility index (Phi) is 5.76. The zero-order valence-corrected chi connectivity index (χ0v) is 16.5. The normalized spacial score (nSPS) is 19.0. The molecule has 29 heavy (non-hydrogen) atoms. The molecule has 0 bridgehead atoms. The maximum atomic E-state index is 12.9. The van der Waals surface area contributed by atoms with Crippen LogP contribution >= 0.6 is 0 Å². The van der Waals surface area contributed by atoms with Gasteiger partial charge in [-0.2, -0.15) is 0 Å². The first-order chi connectivity index (χ1) is 14.2. The van der Waals surface area contributed by atoms with Crippen LogP contribution in [-0.2, 0) is 17.9 Å². The van der Waals surface area contributed by atoms with E-state index in [9.17, 15) is 9.59 Å². The molecule has 1 aromatic carbocycles. The topological polar surface area (TPSA) is 77.6 Å². The van der Waals surface area contributed by atoms with Crippen LogP contribution in [0, 0.1) is 0 Å². The van der Waals surface area contributed by atoms with Crippen LogP contribution in [0.5, 0.6) is 0 Å². The summed E-state index contributed by atoms with van der Waals surface area (Å²) in [4.78, 5) is 33.6. The summed E-state index contributed by atoms with van der Waals surface area (Å²) in [6.07, 6.45) is 4.75. The summed E-state index contributed by atoms with van der Waals surface area (Å²) < 4.78 is 0. The summed E-state index contributed by atoms with van der Waals surface area (Å²) in [7, 11) is 0. The quantitative estimate of drug-likeness (QED) is 0.830. The lowest BCUT2D eigenvalue weighted by Crippen LogP contribution is -2.68. The summed E-state index contributed by atoms with van der Waals surface area (Å²) in [5.74, 6) is 0.0927. The maximum Gasteiger partial charge on any atom is 0.317 e. The van der Waals surface area contributed by atoms with E-state index in [1.807, 2.05) is 35.2 Å². The van der Waals surface area contributed by atoms with Crippen molar-refractivity contribution in [3.63, 3.8) is 0 Å². The molecule has 0 radical (unpaired) electrons. The van der Waals surface area contributed by atoms with Crippen LogP contribution < -0.4 is 10.6 Å². The highest BCUT2D eigenvalue weighted by Gasteiger charge is 2.48. The Labute approximate surface area is 171 Å². The highest BCUT2D eigenvalue weighted by molar-refractivity contribution is 5.87. The van der Waals surface area contributed by atoms with E-state index in [1.165, 1.54) is 5.56 Å². The lowest BCUT2D eigenvalue weighted by Gasteiger charge is -2.50. The minimum Gasteiger partial charge on any atom is -0.353 e. The second-order valence-electron chi connectivity index (χ2n) is 7.70. The van der Waals surface area contributed by atoms with Gasteiger partial charge in [0.05, 0.1) is 0 Å². The largest absolute Gasteiger partial charge is 0.353 e. The number of rotatable bonds is 4. The van der Waals surface area contributed by atoms with E-state index in [2.05, 4.69) is 32.7 Å². The Morgan fingerprint density at radius 2 is 1.83 bits per heavy atom. The number of piperazine rings is 1. The maximum absolute atomic E-state index is 12.9. The number of piperidine rings is 1. The molecule has 2 fully saturated rings. The molecule has 2 aliphatic heterocycles. The van der Waals surface area contributed by atoms with Crippen molar-refractivity contribution < 1.29 is 9.59 Å². The van der Waals surface area contributed by atoms with Crippen LogP contribution in [0.1, 0.15) is 24.0 Å². The van der Waals surface area contributed by atoms with Crippen molar-refractivity contribution in [2.75, 3.05) is 26.2 Å². The molecule has 2 saturated heterocycles. The van der Waals surface area contributed by atoms with Gasteiger partial charge in [-0.3, -0.25) is 14.7 Å². The number of urea groups is 1. The molecule has 7 heteroatoms. The molecule has 1 aromatic heterocycles. The first-order valence-electron chi connectivity index (χ1n) is 10.2. The molecule has 0 unspecified atom stereocenters. The smallest absolute Gasteiger partial charge is 0.317 e. The van der Waals surface area contributed by atoms with E-state index < -0.39 is 5.54 Å². The Hall–Kier alpha value is -2.93. The molecule has 3 amide bonds.